The first-order chi connectivity index (χ1) is 10.1. The summed E-state index contributed by atoms with van der Waals surface area (Å²) in [6, 6.07) is 11.9. The van der Waals surface area contributed by atoms with E-state index in [2.05, 4.69) is 44.4 Å². The van der Waals surface area contributed by atoms with Gasteiger partial charge in [0, 0.05) is 15.7 Å². The minimum atomic E-state index is 0.655. The Balaban J connectivity index is 2.14. The van der Waals surface area contributed by atoms with Crippen molar-refractivity contribution in [1.29, 1.82) is 0 Å². The summed E-state index contributed by atoms with van der Waals surface area (Å²) < 4.78 is 2.59. The molecule has 5 nitrogen and oxygen atoms in total. The van der Waals surface area contributed by atoms with Crippen molar-refractivity contribution in [3.05, 3.63) is 52.0 Å². The zero-order valence-electron chi connectivity index (χ0n) is 11.7. The van der Waals surface area contributed by atoms with Gasteiger partial charge in [-0.15, -0.1) is 5.10 Å². The Morgan fingerprint density at radius 2 is 1.90 bits per heavy atom. The van der Waals surface area contributed by atoms with Gasteiger partial charge in [0.2, 0.25) is 0 Å². The van der Waals surface area contributed by atoms with Crippen molar-refractivity contribution in [2.45, 2.75) is 13.8 Å². The van der Waals surface area contributed by atoms with Gasteiger partial charge in [-0.3, -0.25) is 0 Å². The number of anilines is 1. The number of hydrogen-bond donors (Lipinski definition) is 1. The molecule has 3 aromatic rings. The highest BCUT2D eigenvalue weighted by atomic mass is 79.9. The number of tetrazole rings is 1. The predicted octanol–water partition coefficient (Wildman–Crippen LogP) is 3.29. The first kappa shape index (κ1) is 13.8. The van der Waals surface area contributed by atoms with Crippen LogP contribution < -0.4 is 5.73 Å². The molecule has 0 aliphatic rings. The maximum atomic E-state index is 5.94. The Bertz CT molecular complexity index is 810. The van der Waals surface area contributed by atoms with Gasteiger partial charge in [0.05, 0.1) is 5.69 Å². The minimum Gasteiger partial charge on any atom is -0.398 e. The molecule has 21 heavy (non-hydrogen) atoms. The predicted molar refractivity (Wildman–Crippen MR) is 86.2 cm³/mol. The molecular weight excluding hydrogens is 330 g/mol. The molecule has 3 rings (SSSR count). The number of aromatic nitrogens is 4. The average Bonchev–Trinajstić information content (AvgIpc) is 2.91. The molecule has 0 unspecified atom stereocenters. The number of hydrogen-bond acceptors (Lipinski definition) is 4. The molecule has 0 amide bonds. The maximum Gasteiger partial charge on any atom is 0.187 e. The van der Waals surface area contributed by atoms with Gasteiger partial charge < -0.3 is 5.73 Å². The van der Waals surface area contributed by atoms with E-state index in [1.54, 1.807) is 4.68 Å². The molecule has 0 radical (unpaired) electrons. The zero-order chi connectivity index (χ0) is 15.0. The van der Waals surface area contributed by atoms with Crippen molar-refractivity contribution in [1.82, 2.24) is 20.2 Å². The van der Waals surface area contributed by atoms with Crippen molar-refractivity contribution in [2.75, 3.05) is 5.73 Å². The van der Waals surface area contributed by atoms with E-state index in [0.29, 0.717) is 11.5 Å². The highest BCUT2D eigenvalue weighted by molar-refractivity contribution is 9.10. The fourth-order valence-electron chi connectivity index (χ4n) is 2.26. The largest absolute Gasteiger partial charge is 0.398 e. The molecule has 0 bridgehead atoms. The lowest BCUT2D eigenvalue weighted by molar-refractivity contribution is 0.787. The van der Waals surface area contributed by atoms with Crippen LogP contribution in [0.4, 0.5) is 5.69 Å². The summed E-state index contributed by atoms with van der Waals surface area (Å²) in [5.41, 5.74) is 10.8. The molecule has 106 valence electrons. The van der Waals surface area contributed by atoms with Crippen LogP contribution in [0.15, 0.2) is 40.9 Å². The normalized spacial score (nSPS) is 10.8. The molecule has 2 N–H and O–H groups in total. The lowest BCUT2D eigenvalue weighted by Gasteiger charge is -2.09. The molecule has 0 saturated carbocycles. The molecule has 0 fully saturated rings. The Morgan fingerprint density at radius 1 is 1.10 bits per heavy atom. The highest BCUT2D eigenvalue weighted by Gasteiger charge is 2.13. The number of nitrogen functional groups attached to an aromatic ring is 1. The van der Waals surface area contributed by atoms with Crippen molar-refractivity contribution in [3.8, 4) is 17.1 Å². The van der Waals surface area contributed by atoms with Crippen LogP contribution >= 0.6 is 15.9 Å². The van der Waals surface area contributed by atoms with Crippen LogP contribution in [0.5, 0.6) is 0 Å². The third kappa shape index (κ3) is 2.54. The van der Waals surface area contributed by atoms with Gasteiger partial charge >= 0.3 is 0 Å². The third-order valence-corrected chi connectivity index (χ3v) is 4.03. The number of aryl methyl sites for hydroxylation is 2. The van der Waals surface area contributed by atoms with Crippen LogP contribution in [-0.2, 0) is 0 Å². The van der Waals surface area contributed by atoms with Gasteiger partial charge in [0.15, 0.2) is 5.82 Å². The van der Waals surface area contributed by atoms with E-state index in [0.717, 1.165) is 21.3 Å². The Hall–Kier alpha value is -2.21. The molecule has 0 saturated heterocycles. The highest BCUT2D eigenvalue weighted by Crippen LogP contribution is 2.27. The topological polar surface area (TPSA) is 69.6 Å². The summed E-state index contributed by atoms with van der Waals surface area (Å²) in [4.78, 5) is 0. The van der Waals surface area contributed by atoms with Crippen molar-refractivity contribution < 1.29 is 0 Å². The number of benzene rings is 2. The fourth-order valence-corrected chi connectivity index (χ4v) is 2.50. The van der Waals surface area contributed by atoms with Crippen LogP contribution in [0.25, 0.3) is 17.1 Å². The summed E-state index contributed by atoms with van der Waals surface area (Å²) in [7, 11) is 0. The van der Waals surface area contributed by atoms with Gasteiger partial charge in [0.25, 0.3) is 0 Å². The number of rotatable bonds is 2. The number of nitrogens with two attached hydrogens (primary N) is 1. The second kappa shape index (κ2) is 5.29. The first-order valence-electron chi connectivity index (χ1n) is 6.47. The second-order valence-corrected chi connectivity index (χ2v) is 5.79. The van der Waals surface area contributed by atoms with Gasteiger partial charge in [-0.2, -0.15) is 4.68 Å². The molecule has 0 aliphatic heterocycles. The molecule has 0 aliphatic carbocycles. The summed E-state index contributed by atoms with van der Waals surface area (Å²) in [5.74, 6) is 0.668. The van der Waals surface area contributed by atoms with E-state index < -0.39 is 0 Å². The first-order valence-corrected chi connectivity index (χ1v) is 7.27. The van der Waals surface area contributed by atoms with Crippen LogP contribution in [0.1, 0.15) is 11.1 Å². The van der Waals surface area contributed by atoms with Gasteiger partial charge in [0.1, 0.15) is 0 Å². The van der Waals surface area contributed by atoms with Gasteiger partial charge in [-0.25, -0.2) is 0 Å². The van der Waals surface area contributed by atoms with Crippen molar-refractivity contribution in [2.24, 2.45) is 0 Å². The Labute approximate surface area is 130 Å². The fraction of sp³-hybridized carbons (Fsp3) is 0.133. The van der Waals surface area contributed by atoms with E-state index in [1.807, 2.05) is 37.3 Å². The summed E-state index contributed by atoms with van der Waals surface area (Å²) in [6.45, 7) is 4.11. The van der Waals surface area contributed by atoms with Gasteiger partial charge in [-0.05, 0) is 70.0 Å². The van der Waals surface area contributed by atoms with Crippen molar-refractivity contribution in [3.63, 3.8) is 0 Å². The quantitative estimate of drug-likeness (QED) is 0.725. The molecule has 6 heteroatoms. The molecule has 1 heterocycles. The molecular formula is C15H14BrN5. The summed E-state index contributed by atoms with van der Waals surface area (Å²) in [5, 5.41) is 12.0. The Kier molecular flexibility index (Phi) is 3.47. The number of nitrogens with zero attached hydrogens (tertiary/aromatic N) is 4. The maximum absolute atomic E-state index is 5.94. The molecule has 0 spiro atoms. The Morgan fingerprint density at radius 3 is 2.62 bits per heavy atom. The SMILES string of the molecule is Cc1ccc(-n2nnnc2-c2ccc(Br)c(N)c2)c(C)c1. The van der Waals surface area contributed by atoms with E-state index in [9.17, 15) is 0 Å². The molecule has 2 aromatic carbocycles. The van der Waals surface area contributed by atoms with Crippen LogP contribution in [-0.4, -0.2) is 20.2 Å². The molecule has 0 atom stereocenters. The van der Waals surface area contributed by atoms with E-state index in [4.69, 9.17) is 5.73 Å². The average molecular weight is 344 g/mol. The van der Waals surface area contributed by atoms with Crippen LogP contribution in [0, 0.1) is 13.8 Å². The van der Waals surface area contributed by atoms with Crippen LogP contribution in [0.2, 0.25) is 0 Å². The van der Waals surface area contributed by atoms with Gasteiger partial charge in [-0.1, -0.05) is 17.7 Å². The van der Waals surface area contributed by atoms with Crippen LogP contribution in [0.3, 0.4) is 0 Å². The number of halogens is 1. The molecule has 1 aromatic heterocycles. The van der Waals surface area contributed by atoms with E-state index >= 15 is 0 Å². The smallest absolute Gasteiger partial charge is 0.187 e. The third-order valence-electron chi connectivity index (χ3n) is 3.30. The summed E-state index contributed by atoms with van der Waals surface area (Å²) >= 11 is 3.39. The standard InChI is InChI=1S/C15H14BrN5/c1-9-3-6-14(10(2)7-9)21-15(18-19-20-21)11-4-5-12(16)13(17)8-11/h3-8H,17H2,1-2H3. The van der Waals surface area contributed by atoms with E-state index in [-0.39, 0.29) is 0 Å². The second-order valence-electron chi connectivity index (χ2n) is 4.94. The lowest BCUT2D eigenvalue weighted by Crippen LogP contribution is -2.02. The summed E-state index contributed by atoms with van der Waals surface area (Å²) in [6.07, 6.45) is 0. The monoisotopic (exact) mass is 343 g/mol. The zero-order valence-corrected chi connectivity index (χ0v) is 13.3. The minimum absolute atomic E-state index is 0.655. The lowest BCUT2D eigenvalue weighted by atomic mass is 10.1. The van der Waals surface area contributed by atoms with Crippen molar-refractivity contribution >= 4 is 21.6 Å². The van der Waals surface area contributed by atoms with E-state index in [1.165, 1.54) is 5.56 Å².